The number of hydrogen-bond donors (Lipinski definition) is 0. The second-order valence-electron chi connectivity index (χ2n) is 13.3. The van der Waals surface area contributed by atoms with E-state index >= 15 is 4.39 Å². The fraction of sp³-hybridized carbons (Fsp3) is 0.0698. The topological polar surface area (TPSA) is 42.2 Å². The quantitative estimate of drug-likeness (QED) is 0.160. The zero-order chi connectivity index (χ0) is 33.5. The van der Waals surface area contributed by atoms with Gasteiger partial charge in [-0.3, -0.25) is 9.97 Å². The minimum atomic E-state index is -1.54. The Morgan fingerprint density at radius 2 is 1.29 bits per heavy atom. The number of fused-ring (bicyclic) bond motifs is 3. The molecule has 49 heavy (non-hydrogen) atoms. The van der Waals surface area contributed by atoms with Crippen LogP contribution in [0.4, 0.5) is 21.5 Å². The highest BCUT2D eigenvalue weighted by atomic mass is 28.3. The number of anilines is 3. The highest BCUT2D eigenvalue weighted by molar-refractivity contribution is 6.88. The highest BCUT2D eigenvalue weighted by Crippen LogP contribution is 2.43. The second-order valence-corrected chi connectivity index (χ2v) is 18.4. The lowest BCUT2D eigenvalue weighted by Gasteiger charge is -2.28. The molecule has 0 aliphatic carbocycles. The van der Waals surface area contributed by atoms with Gasteiger partial charge in [0.05, 0.1) is 31.3 Å². The molecule has 3 aromatic heterocycles. The summed E-state index contributed by atoms with van der Waals surface area (Å²) in [6.45, 7) is 6.89. The molecule has 0 amide bonds. The van der Waals surface area contributed by atoms with Crippen molar-refractivity contribution in [2.45, 2.75) is 19.6 Å². The number of hydrogen-bond acceptors (Lipinski definition) is 4. The molecule has 0 bridgehead atoms. The molecule has 0 N–H and O–H groups in total. The third-order valence-electron chi connectivity index (χ3n) is 8.96. The van der Waals surface area contributed by atoms with Crippen molar-refractivity contribution in [1.29, 1.82) is 0 Å². The second kappa shape index (κ2) is 12.3. The fourth-order valence-corrected chi connectivity index (χ4v) is 7.45. The van der Waals surface area contributed by atoms with E-state index in [2.05, 4.69) is 85.2 Å². The Kier molecular flexibility index (Phi) is 7.65. The Balaban J connectivity index is 1.30. The van der Waals surface area contributed by atoms with E-state index in [-0.39, 0.29) is 5.82 Å². The van der Waals surface area contributed by atoms with Gasteiger partial charge in [-0.2, -0.15) is 0 Å². The van der Waals surface area contributed by atoms with Gasteiger partial charge < -0.3 is 9.32 Å². The van der Waals surface area contributed by atoms with Gasteiger partial charge >= 0.3 is 0 Å². The molecule has 4 nitrogen and oxygen atoms in total. The van der Waals surface area contributed by atoms with Crippen molar-refractivity contribution >= 4 is 52.3 Å². The van der Waals surface area contributed by atoms with Crippen LogP contribution in [0.2, 0.25) is 19.6 Å². The first-order chi connectivity index (χ1) is 23.8. The van der Waals surface area contributed by atoms with Gasteiger partial charge in [0.15, 0.2) is 5.58 Å². The third kappa shape index (κ3) is 5.92. The Hall–Kier alpha value is -5.85. The largest absolute Gasteiger partial charge is 0.454 e. The minimum Gasteiger partial charge on any atom is -0.454 e. The molecule has 8 aromatic rings. The van der Waals surface area contributed by atoms with Crippen molar-refractivity contribution in [1.82, 2.24) is 9.97 Å². The van der Waals surface area contributed by atoms with E-state index < -0.39 is 8.07 Å². The van der Waals surface area contributed by atoms with Crippen LogP contribution in [0.5, 0.6) is 0 Å². The van der Waals surface area contributed by atoms with Crippen molar-refractivity contribution in [3.05, 3.63) is 158 Å². The predicted molar refractivity (Wildman–Crippen MR) is 203 cm³/mol. The van der Waals surface area contributed by atoms with E-state index in [1.54, 1.807) is 18.3 Å². The first-order valence-electron chi connectivity index (χ1n) is 16.4. The maximum absolute atomic E-state index is 15.7. The fourth-order valence-electron chi connectivity index (χ4n) is 6.41. The molecule has 0 saturated carbocycles. The molecule has 0 radical (unpaired) electrons. The molecule has 0 saturated heterocycles. The predicted octanol–water partition coefficient (Wildman–Crippen LogP) is 11.5. The van der Waals surface area contributed by atoms with Gasteiger partial charge in [0, 0.05) is 45.0 Å². The summed E-state index contributed by atoms with van der Waals surface area (Å²) < 4.78 is 21.8. The van der Waals surface area contributed by atoms with Crippen LogP contribution in [0.15, 0.2) is 156 Å². The molecule has 238 valence electrons. The lowest BCUT2D eigenvalue weighted by Crippen LogP contribution is -2.37. The van der Waals surface area contributed by atoms with Gasteiger partial charge in [-0.1, -0.05) is 105 Å². The number of rotatable bonds is 7. The minimum absolute atomic E-state index is 0.333. The molecule has 0 atom stereocenters. The zero-order valence-corrected chi connectivity index (χ0v) is 28.6. The number of nitrogens with zero attached hydrogens (tertiary/aromatic N) is 3. The smallest absolute Gasteiger partial charge is 0.153 e. The summed E-state index contributed by atoms with van der Waals surface area (Å²) in [4.78, 5) is 11.7. The van der Waals surface area contributed by atoms with E-state index in [4.69, 9.17) is 14.4 Å². The normalized spacial score (nSPS) is 11.7. The third-order valence-corrected chi connectivity index (χ3v) is 11.0. The Bertz CT molecular complexity index is 2450. The average molecular weight is 656 g/mol. The van der Waals surface area contributed by atoms with Crippen LogP contribution in [-0.2, 0) is 0 Å². The van der Waals surface area contributed by atoms with Gasteiger partial charge in [-0.15, -0.1) is 0 Å². The Labute approximate surface area is 286 Å². The van der Waals surface area contributed by atoms with Crippen LogP contribution in [0.25, 0.3) is 55.6 Å². The lowest BCUT2D eigenvalue weighted by molar-refractivity contribution is 0.628. The summed E-state index contributed by atoms with van der Waals surface area (Å²) in [5.41, 5.74) is 9.38. The zero-order valence-electron chi connectivity index (χ0n) is 27.6. The maximum Gasteiger partial charge on any atom is 0.153 e. The van der Waals surface area contributed by atoms with E-state index in [1.165, 1.54) is 5.19 Å². The standard InChI is InChI=1S/C43H34FN3OSi/c1-49(2,3)35-20-21-39(45-27-35)31-22-32(44)25-34(24-31)47(41-18-9-7-16-36(41)29-12-5-4-6-13-29)33-15-11-14-30(23-33)40-26-38-37-17-8-10-19-42(37)48-43(38)28-46-40/h4-28H,1-3H3. The molecule has 0 aliphatic heterocycles. The summed E-state index contributed by atoms with van der Waals surface area (Å²) in [6.07, 6.45) is 3.74. The molecular formula is C43H34FN3OSi. The molecule has 0 spiro atoms. The summed E-state index contributed by atoms with van der Waals surface area (Å²) >= 11 is 0. The summed E-state index contributed by atoms with van der Waals surface area (Å²) in [5.74, 6) is -0.333. The van der Waals surface area contributed by atoms with E-state index in [0.717, 1.165) is 67.0 Å². The average Bonchev–Trinajstić information content (AvgIpc) is 3.50. The molecular weight excluding hydrogens is 622 g/mol. The molecule has 0 unspecified atom stereocenters. The Morgan fingerprint density at radius 3 is 2.10 bits per heavy atom. The first-order valence-corrected chi connectivity index (χ1v) is 19.9. The van der Waals surface area contributed by atoms with Gasteiger partial charge in [0.2, 0.25) is 0 Å². The highest BCUT2D eigenvalue weighted by Gasteiger charge is 2.21. The molecule has 0 aliphatic rings. The molecule has 6 heteroatoms. The summed E-state index contributed by atoms with van der Waals surface area (Å²) in [5, 5.41) is 3.33. The Morgan fingerprint density at radius 1 is 0.551 bits per heavy atom. The number of pyridine rings is 2. The van der Waals surface area contributed by atoms with Gasteiger partial charge in [0.25, 0.3) is 0 Å². The number of furan rings is 1. The van der Waals surface area contributed by atoms with Crippen LogP contribution in [0.3, 0.4) is 0 Å². The lowest BCUT2D eigenvalue weighted by atomic mass is 10.0. The SMILES string of the molecule is C[Si](C)(C)c1ccc(-c2cc(F)cc(N(c3cccc(-c4cc5c(cn4)oc4ccccc45)c3)c3ccccc3-c3ccccc3)c2)nc1. The van der Waals surface area contributed by atoms with Crippen molar-refractivity contribution < 1.29 is 8.81 Å². The van der Waals surface area contributed by atoms with Crippen molar-refractivity contribution in [2.24, 2.45) is 0 Å². The van der Waals surface area contributed by atoms with Crippen LogP contribution < -0.4 is 10.1 Å². The monoisotopic (exact) mass is 655 g/mol. The summed E-state index contributed by atoms with van der Waals surface area (Å²) in [7, 11) is -1.54. The molecule has 3 heterocycles. The number of benzene rings is 5. The maximum atomic E-state index is 15.7. The molecule has 8 rings (SSSR count). The number of para-hydroxylation sites is 2. The van der Waals surface area contributed by atoms with Crippen molar-refractivity contribution in [3.8, 4) is 33.6 Å². The van der Waals surface area contributed by atoms with Crippen molar-refractivity contribution in [3.63, 3.8) is 0 Å². The number of aromatic nitrogens is 2. The molecule has 0 fully saturated rings. The van der Waals surface area contributed by atoms with Crippen LogP contribution >= 0.6 is 0 Å². The van der Waals surface area contributed by atoms with E-state index in [9.17, 15) is 0 Å². The van der Waals surface area contributed by atoms with Crippen LogP contribution in [-0.4, -0.2) is 18.0 Å². The van der Waals surface area contributed by atoms with Crippen molar-refractivity contribution in [2.75, 3.05) is 4.90 Å². The van der Waals surface area contributed by atoms with E-state index in [1.807, 2.05) is 72.9 Å². The van der Waals surface area contributed by atoms with Crippen LogP contribution in [0, 0.1) is 5.82 Å². The summed E-state index contributed by atoms with van der Waals surface area (Å²) in [6, 6.07) is 46.2. The number of halogens is 1. The van der Waals surface area contributed by atoms with Gasteiger partial charge in [0.1, 0.15) is 11.4 Å². The van der Waals surface area contributed by atoms with Gasteiger partial charge in [-0.25, -0.2) is 4.39 Å². The van der Waals surface area contributed by atoms with Crippen LogP contribution in [0.1, 0.15) is 0 Å². The van der Waals surface area contributed by atoms with E-state index in [0.29, 0.717) is 5.69 Å². The first kappa shape index (κ1) is 30.5. The van der Waals surface area contributed by atoms with Gasteiger partial charge in [-0.05, 0) is 65.3 Å². The molecule has 5 aromatic carbocycles.